The summed E-state index contributed by atoms with van der Waals surface area (Å²) in [6.45, 7) is 0. The standard InChI is InChI=1S/C55H43N3/c1-4-18-38(19-5-1)55(39-20-6-2-7-21-39)47-26-12-16-30-51(47)56(52-31-17-13-27-48(52)55)41-32-34-42(35-33-41)58-50-29-15-11-25-44(50)46-37-36-45-43-24-10-14-28-49(43)57(53(45)54(46)58)40-22-8-3-9-23-40/h1,3-6,8,10-12,14-16,18-22,24-37H,2,7,9,13,17,23H2. The van der Waals surface area contributed by atoms with Gasteiger partial charge in [-0.05, 0) is 109 Å². The second-order valence-corrected chi connectivity index (χ2v) is 16.1. The Bertz CT molecular complexity index is 3160. The number of allylic oxidation sites excluding steroid dienone is 11. The number of hydrogen-bond donors (Lipinski definition) is 0. The van der Waals surface area contributed by atoms with Crippen LogP contribution in [-0.2, 0) is 5.41 Å². The number of benzene rings is 6. The smallest absolute Gasteiger partial charge is 0.0788 e. The molecule has 0 N–H and O–H groups in total. The summed E-state index contributed by atoms with van der Waals surface area (Å²) >= 11 is 0. The van der Waals surface area contributed by atoms with Crippen LogP contribution in [0.15, 0.2) is 205 Å². The SMILES string of the molecule is C1=CCCC(n2c3ccccc3c3ccc4c5ccccc5n(-c5ccc(N6C7=CCCC=C7C(C7=CCCC=C7)(c7ccccc7)c7ccccc76)cc5)c4c32)=C1. The van der Waals surface area contributed by atoms with Crippen molar-refractivity contribution in [2.75, 3.05) is 4.90 Å². The van der Waals surface area contributed by atoms with Crippen molar-refractivity contribution in [3.63, 3.8) is 0 Å². The van der Waals surface area contributed by atoms with Gasteiger partial charge in [0.1, 0.15) is 0 Å². The number of hydrogen-bond acceptors (Lipinski definition) is 1. The minimum absolute atomic E-state index is 0.395. The number of nitrogens with zero attached hydrogens (tertiary/aromatic N) is 3. The van der Waals surface area contributed by atoms with Gasteiger partial charge in [0.2, 0.25) is 0 Å². The molecule has 0 spiro atoms. The van der Waals surface area contributed by atoms with Crippen LogP contribution in [0.4, 0.5) is 11.4 Å². The third kappa shape index (κ3) is 4.68. The predicted molar refractivity (Wildman–Crippen MR) is 244 cm³/mol. The Morgan fingerprint density at radius 3 is 1.88 bits per heavy atom. The van der Waals surface area contributed by atoms with Crippen LogP contribution < -0.4 is 4.90 Å². The van der Waals surface area contributed by atoms with Crippen LogP contribution >= 0.6 is 0 Å². The van der Waals surface area contributed by atoms with E-state index in [0.29, 0.717) is 0 Å². The fourth-order valence-corrected chi connectivity index (χ4v) is 10.7. The summed E-state index contributed by atoms with van der Waals surface area (Å²) in [6, 6.07) is 52.3. The number of rotatable bonds is 5. The summed E-state index contributed by atoms with van der Waals surface area (Å²) in [5.41, 5.74) is 16.2. The van der Waals surface area contributed by atoms with Gasteiger partial charge in [0.15, 0.2) is 0 Å². The molecule has 3 heteroatoms. The highest BCUT2D eigenvalue weighted by atomic mass is 15.2. The van der Waals surface area contributed by atoms with E-state index >= 15 is 0 Å². The molecule has 0 amide bonds. The highest BCUT2D eigenvalue weighted by Crippen LogP contribution is 2.59. The van der Waals surface area contributed by atoms with E-state index in [4.69, 9.17) is 0 Å². The lowest BCUT2D eigenvalue weighted by Crippen LogP contribution is -2.42. The Balaban J connectivity index is 1.08. The summed E-state index contributed by atoms with van der Waals surface area (Å²) in [5.74, 6) is 0. The Morgan fingerprint density at radius 1 is 0.483 bits per heavy atom. The second kappa shape index (κ2) is 13.1. The molecule has 12 rings (SSSR count). The van der Waals surface area contributed by atoms with Gasteiger partial charge in [-0.2, -0.15) is 0 Å². The minimum atomic E-state index is -0.395. The van der Waals surface area contributed by atoms with Crippen molar-refractivity contribution in [3.05, 3.63) is 216 Å². The van der Waals surface area contributed by atoms with Crippen LogP contribution in [0.2, 0.25) is 0 Å². The lowest BCUT2D eigenvalue weighted by Gasteiger charge is -2.50. The first-order valence-electron chi connectivity index (χ1n) is 21.0. The van der Waals surface area contributed by atoms with Gasteiger partial charge >= 0.3 is 0 Å². The quantitative estimate of drug-likeness (QED) is 0.171. The summed E-state index contributed by atoms with van der Waals surface area (Å²) in [6.07, 6.45) is 25.3. The zero-order chi connectivity index (χ0) is 38.2. The van der Waals surface area contributed by atoms with Crippen molar-refractivity contribution in [1.29, 1.82) is 0 Å². The van der Waals surface area contributed by atoms with Crippen molar-refractivity contribution >= 4 is 60.7 Å². The van der Waals surface area contributed by atoms with Crippen LogP contribution in [-0.4, -0.2) is 9.13 Å². The van der Waals surface area contributed by atoms with Crippen molar-refractivity contribution in [1.82, 2.24) is 9.13 Å². The molecule has 1 atom stereocenters. The van der Waals surface area contributed by atoms with E-state index in [2.05, 4.69) is 202 Å². The van der Waals surface area contributed by atoms with Crippen LogP contribution in [0.3, 0.4) is 0 Å². The van der Waals surface area contributed by atoms with Crippen LogP contribution in [0.25, 0.3) is 55.0 Å². The molecule has 3 nitrogen and oxygen atoms in total. The molecule has 0 saturated carbocycles. The zero-order valence-electron chi connectivity index (χ0n) is 32.5. The monoisotopic (exact) mass is 745 g/mol. The second-order valence-electron chi connectivity index (χ2n) is 16.1. The Morgan fingerprint density at radius 2 is 1.14 bits per heavy atom. The van der Waals surface area contributed by atoms with Gasteiger partial charge in [-0.15, -0.1) is 0 Å². The van der Waals surface area contributed by atoms with Crippen molar-refractivity contribution in [3.8, 4) is 5.69 Å². The van der Waals surface area contributed by atoms with E-state index in [1.807, 2.05) is 0 Å². The maximum Gasteiger partial charge on any atom is 0.0788 e. The Hall–Kier alpha value is -6.84. The van der Waals surface area contributed by atoms with E-state index in [-0.39, 0.29) is 0 Å². The van der Waals surface area contributed by atoms with E-state index in [1.54, 1.807) is 0 Å². The van der Waals surface area contributed by atoms with Crippen molar-refractivity contribution in [2.45, 2.75) is 43.9 Å². The van der Waals surface area contributed by atoms with Crippen LogP contribution in [0.5, 0.6) is 0 Å². The maximum absolute atomic E-state index is 2.55. The third-order valence-corrected chi connectivity index (χ3v) is 13.1. The number of aromatic nitrogens is 2. The molecule has 6 aromatic carbocycles. The average Bonchev–Trinajstić information content (AvgIpc) is 3.82. The summed E-state index contributed by atoms with van der Waals surface area (Å²) < 4.78 is 5.06. The number of fused-ring (bicyclic) bond motifs is 9. The van der Waals surface area contributed by atoms with Gasteiger partial charge in [-0.25, -0.2) is 0 Å². The Labute approximate surface area is 339 Å². The lowest BCUT2D eigenvalue weighted by molar-refractivity contribution is 0.681. The number of anilines is 2. The molecule has 278 valence electrons. The highest BCUT2D eigenvalue weighted by molar-refractivity contribution is 6.24. The molecule has 58 heavy (non-hydrogen) atoms. The topological polar surface area (TPSA) is 13.1 Å². The van der Waals surface area contributed by atoms with E-state index in [1.165, 1.54) is 88.7 Å². The number of para-hydroxylation sites is 3. The largest absolute Gasteiger partial charge is 0.311 e. The van der Waals surface area contributed by atoms with Gasteiger partial charge in [-0.3, -0.25) is 0 Å². The first-order valence-corrected chi connectivity index (χ1v) is 21.0. The highest BCUT2D eigenvalue weighted by Gasteiger charge is 2.49. The molecular weight excluding hydrogens is 703 g/mol. The van der Waals surface area contributed by atoms with Crippen molar-refractivity contribution < 1.29 is 0 Å². The van der Waals surface area contributed by atoms with Crippen molar-refractivity contribution in [2.24, 2.45) is 0 Å². The molecule has 1 aliphatic heterocycles. The average molecular weight is 746 g/mol. The van der Waals surface area contributed by atoms with Crippen LogP contribution in [0.1, 0.15) is 49.7 Å². The van der Waals surface area contributed by atoms with Gasteiger partial charge in [0, 0.05) is 44.3 Å². The van der Waals surface area contributed by atoms with Gasteiger partial charge in [0.05, 0.1) is 33.2 Å². The lowest BCUT2D eigenvalue weighted by atomic mass is 9.59. The van der Waals surface area contributed by atoms with E-state index in [9.17, 15) is 0 Å². The maximum atomic E-state index is 2.55. The summed E-state index contributed by atoms with van der Waals surface area (Å²) in [5, 5.41) is 5.13. The molecule has 8 aromatic rings. The zero-order valence-corrected chi connectivity index (χ0v) is 32.5. The molecule has 0 fully saturated rings. The molecule has 3 heterocycles. The fourth-order valence-electron chi connectivity index (χ4n) is 10.7. The molecule has 0 bridgehead atoms. The molecule has 1 unspecified atom stereocenters. The van der Waals surface area contributed by atoms with Gasteiger partial charge < -0.3 is 14.0 Å². The molecule has 4 aliphatic rings. The fraction of sp³-hybridized carbons (Fsp3) is 0.127. The van der Waals surface area contributed by atoms with E-state index in [0.717, 1.165) is 44.2 Å². The van der Waals surface area contributed by atoms with Crippen LogP contribution in [0, 0.1) is 0 Å². The van der Waals surface area contributed by atoms with E-state index < -0.39 is 5.41 Å². The Kier molecular flexibility index (Phi) is 7.53. The normalized spacial score (nSPS) is 18.9. The molecule has 2 aromatic heterocycles. The van der Waals surface area contributed by atoms with Gasteiger partial charge in [0.25, 0.3) is 0 Å². The summed E-state index contributed by atoms with van der Waals surface area (Å²) in [7, 11) is 0. The third-order valence-electron chi connectivity index (χ3n) is 13.1. The van der Waals surface area contributed by atoms with Gasteiger partial charge in [-0.1, -0.05) is 140 Å². The molecule has 0 radical (unpaired) electrons. The first kappa shape index (κ1) is 33.3. The molecule has 0 saturated heterocycles. The molecule has 3 aliphatic carbocycles. The first-order chi connectivity index (χ1) is 28.8. The molecular formula is C55H43N3. The summed E-state index contributed by atoms with van der Waals surface area (Å²) in [4.78, 5) is 2.53. The minimum Gasteiger partial charge on any atom is -0.311 e. The predicted octanol–water partition coefficient (Wildman–Crippen LogP) is 14.4.